The maximum absolute atomic E-state index is 12.3. The van der Waals surface area contributed by atoms with Crippen LogP contribution in [0.3, 0.4) is 0 Å². The van der Waals surface area contributed by atoms with Crippen molar-refractivity contribution in [2.24, 2.45) is 0 Å². The number of carbonyl (C=O) groups excluding carboxylic acids is 1. The van der Waals surface area contributed by atoms with E-state index < -0.39 is 20.5 Å². The zero-order valence-electron chi connectivity index (χ0n) is 10.1. The standard InChI is InChI=1S/C12H15NO3S/c1-4-8-5-6-9-10(7-8)17(15,16)12(2,3)11(14)13-9/h5-7H,4H2,1-3H3,(H,13,14). The first kappa shape index (κ1) is 12.1. The number of carbonyl (C=O) groups is 1. The van der Waals surface area contributed by atoms with E-state index in [1.54, 1.807) is 12.1 Å². The van der Waals surface area contributed by atoms with Crippen LogP contribution in [-0.4, -0.2) is 19.1 Å². The van der Waals surface area contributed by atoms with Gasteiger partial charge in [-0.15, -0.1) is 0 Å². The van der Waals surface area contributed by atoms with E-state index in [2.05, 4.69) is 5.32 Å². The third-order valence-electron chi connectivity index (χ3n) is 3.21. The second kappa shape index (κ2) is 3.57. The number of fused-ring (bicyclic) bond motifs is 1. The van der Waals surface area contributed by atoms with Crippen molar-refractivity contribution < 1.29 is 13.2 Å². The van der Waals surface area contributed by atoms with Crippen LogP contribution in [0.15, 0.2) is 23.1 Å². The third kappa shape index (κ3) is 1.57. The summed E-state index contributed by atoms with van der Waals surface area (Å²) in [5, 5.41) is 2.64. The van der Waals surface area contributed by atoms with Gasteiger partial charge in [0, 0.05) is 0 Å². The van der Waals surface area contributed by atoms with Crippen LogP contribution in [0.1, 0.15) is 26.3 Å². The highest BCUT2D eigenvalue weighted by Crippen LogP contribution is 2.36. The molecule has 1 N–H and O–H groups in total. The molecule has 5 heteroatoms. The van der Waals surface area contributed by atoms with Crippen molar-refractivity contribution in [1.29, 1.82) is 0 Å². The Balaban J connectivity index is 2.74. The molecule has 0 fully saturated rings. The van der Waals surface area contributed by atoms with E-state index in [0.29, 0.717) is 5.69 Å². The van der Waals surface area contributed by atoms with Crippen molar-refractivity contribution in [2.75, 3.05) is 5.32 Å². The van der Waals surface area contributed by atoms with Gasteiger partial charge in [-0.1, -0.05) is 13.0 Å². The van der Waals surface area contributed by atoms with Gasteiger partial charge in [0.05, 0.1) is 10.6 Å². The lowest BCUT2D eigenvalue weighted by Crippen LogP contribution is -2.48. The summed E-state index contributed by atoms with van der Waals surface area (Å²) >= 11 is 0. The molecule has 4 nitrogen and oxygen atoms in total. The lowest BCUT2D eigenvalue weighted by Gasteiger charge is -2.30. The molecule has 0 aliphatic carbocycles. The van der Waals surface area contributed by atoms with Gasteiger partial charge in [0.15, 0.2) is 9.84 Å². The van der Waals surface area contributed by atoms with Crippen molar-refractivity contribution in [1.82, 2.24) is 0 Å². The fourth-order valence-electron chi connectivity index (χ4n) is 1.78. The summed E-state index contributed by atoms with van der Waals surface area (Å²) in [7, 11) is -3.61. The Bertz CT molecular complexity index is 588. The van der Waals surface area contributed by atoms with E-state index in [-0.39, 0.29) is 4.90 Å². The van der Waals surface area contributed by atoms with E-state index >= 15 is 0 Å². The molecule has 0 saturated carbocycles. The smallest absolute Gasteiger partial charge is 0.245 e. The van der Waals surface area contributed by atoms with Gasteiger partial charge < -0.3 is 5.32 Å². The van der Waals surface area contributed by atoms with Crippen LogP contribution in [0, 0.1) is 0 Å². The summed E-state index contributed by atoms with van der Waals surface area (Å²) in [6.07, 6.45) is 0.761. The minimum atomic E-state index is -3.61. The van der Waals surface area contributed by atoms with Crippen LogP contribution in [0.2, 0.25) is 0 Å². The fraction of sp³-hybridized carbons (Fsp3) is 0.417. The van der Waals surface area contributed by atoms with Gasteiger partial charge in [-0.05, 0) is 38.0 Å². The Labute approximate surface area is 101 Å². The number of nitrogens with one attached hydrogen (secondary N) is 1. The first-order chi connectivity index (χ1) is 7.80. The summed E-state index contributed by atoms with van der Waals surface area (Å²) in [5.74, 6) is -0.478. The molecule has 0 spiro atoms. The highest BCUT2D eigenvalue weighted by molar-refractivity contribution is 7.94. The second-order valence-electron chi connectivity index (χ2n) is 4.65. The molecule has 2 rings (SSSR count). The summed E-state index contributed by atoms with van der Waals surface area (Å²) in [6, 6.07) is 5.12. The quantitative estimate of drug-likeness (QED) is 0.829. The highest BCUT2D eigenvalue weighted by atomic mass is 32.2. The number of hydrogen-bond donors (Lipinski definition) is 1. The first-order valence-corrected chi connectivity index (χ1v) is 6.98. The molecule has 0 aromatic heterocycles. The minimum Gasteiger partial charge on any atom is -0.324 e. The fourth-order valence-corrected chi connectivity index (χ4v) is 3.34. The monoisotopic (exact) mass is 253 g/mol. The lowest BCUT2D eigenvalue weighted by molar-refractivity contribution is -0.118. The third-order valence-corrected chi connectivity index (χ3v) is 5.66. The van der Waals surface area contributed by atoms with Crippen LogP contribution in [0.5, 0.6) is 0 Å². The van der Waals surface area contributed by atoms with Gasteiger partial charge in [0.25, 0.3) is 0 Å². The number of benzene rings is 1. The van der Waals surface area contributed by atoms with Crippen LogP contribution in [0.25, 0.3) is 0 Å². The van der Waals surface area contributed by atoms with Gasteiger partial charge in [-0.2, -0.15) is 0 Å². The highest BCUT2D eigenvalue weighted by Gasteiger charge is 2.47. The Hall–Kier alpha value is -1.36. The largest absolute Gasteiger partial charge is 0.324 e. The predicted molar refractivity (Wildman–Crippen MR) is 65.7 cm³/mol. The van der Waals surface area contributed by atoms with E-state index in [9.17, 15) is 13.2 Å². The second-order valence-corrected chi connectivity index (χ2v) is 7.12. The zero-order chi connectivity index (χ0) is 12.8. The van der Waals surface area contributed by atoms with Crippen LogP contribution < -0.4 is 5.32 Å². The van der Waals surface area contributed by atoms with Gasteiger partial charge in [0.1, 0.15) is 4.75 Å². The van der Waals surface area contributed by atoms with Crippen molar-refractivity contribution in [3.05, 3.63) is 23.8 Å². The molecule has 0 saturated heterocycles. The van der Waals surface area contributed by atoms with Gasteiger partial charge in [0.2, 0.25) is 5.91 Å². The molecule has 1 amide bonds. The maximum atomic E-state index is 12.3. The van der Waals surface area contributed by atoms with Crippen molar-refractivity contribution in [3.63, 3.8) is 0 Å². The number of sulfone groups is 1. The number of rotatable bonds is 1. The van der Waals surface area contributed by atoms with Crippen LogP contribution >= 0.6 is 0 Å². The predicted octanol–water partition coefficient (Wildman–Crippen LogP) is 1.75. The molecule has 1 aromatic carbocycles. The number of amides is 1. The van der Waals surface area contributed by atoms with E-state index in [4.69, 9.17) is 0 Å². The number of hydrogen-bond acceptors (Lipinski definition) is 3. The molecular weight excluding hydrogens is 238 g/mol. The van der Waals surface area contributed by atoms with Crippen LogP contribution in [0.4, 0.5) is 5.69 Å². The molecule has 92 valence electrons. The molecule has 1 heterocycles. The summed E-state index contributed by atoms with van der Waals surface area (Å²) in [6.45, 7) is 4.82. The molecule has 0 unspecified atom stereocenters. The SMILES string of the molecule is CCc1ccc2c(c1)S(=O)(=O)C(C)(C)C(=O)N2. The normalized spacial score (nSPS) is 20.5. The van der Waals surface area contributed by atoms with E-state index in [0.717, 1.165) is 12.0 Å². The average Bonchev–Trinajstić information content (AvgIpc) is 2.27. The van der Waals surface area contributed by atoms with Gasteiger partial charge in [-0.3, -0.25) is 4.79 Å². The molecule has 0 bridgehead atoms. The first-order valence-electron chi connectivity index (χ1n) is 5.49. The Morgan fingerprint density at radius 3 is 2.53 bits per heavy atom. The zero-order valence-corrected chi connectivity index (χ0v) is 10.9. The minimum absolute atomic E-state index is 0.224. The van der Waals surface area contributed by atoms with E-state index in [1.807, 2.05) is 13.0 Å². The maximum Gasteiger partial charge on any atom is 0.245 e. The summed E-state index contributed by atoms with van der Waals surface area (Å²) in [4.78, 5) is 12.0. The summed E-state index contributed by atoms with van der Waals surface area (Å²) < 4.78 is 23.3. The lowest BCUT2D eigenvalue weighted by atomic mass is 10.1. The molecular formula is C12H15NO3S. The molecule has 1 aromatic rings. The van der Waals surface area contributed by atoms with Crippen molar-refractivity contribution in [2.45, 2.75) is 36.8 Å². The Kier molecular flexibility index (Phi) is 2.54. The van der Waals surface area contributed by atoms with Crippen molar-refractivity contribution >= 4 is 21.4 Å². The molecule has 17 heavy (non-hydrogen) atoms. The average molecular weight is 253 g/mol. The number of anilines is 1. The molecule has 1 aliphatic rings. The summed E-state index contributed by atoms with van der Waals surface area (Å²) in [5.41, 5.74) is 1.32. The topological polar surface area (TPSA) is 63.2 Å². The van der Waals surface area contributed by atoms with Gasteiger partial charge in [-0.25, -0.2) is 8.42 Å². The Morgan fingerprint density at radius 1 is 1.29 bits per heavy atom. The molecule has 0 radical (unpaired) electrons. The molecule has 0 atom stereocenters. The molecule has 1 aliphatic heterocycles. The van der Waals surface area contributed by atoms with E-state index in [1.165, 1.54) is 13.8 Å². The van der Waals surface area contributed by atoms with Gasteiger partial charge >= 0.3 is 0 Å². The van der Waals surface area contributed by atoms with Crippen LogP contribution in [-0.2, 0) is 21.1 Å². The van der Waals surface area contributed by atoms with Crippen molar-refractivity contribution in [3.8, 4) is 0 Å². The number of aryl methyl sites for hydroxylation is 1. The Morgan fingerprint density at radius 2 is 1.94 bits per heavy atom.